The summed E-state index contributed by atoms with van der Waals surface area (Å²) in [4.78, 5) is 0. The van der Waals surface area contributed by atoms with E-state index in [-0.39, 0.29) is 0 Å². The Morgan fingerprint density at radius 1 is 1.08 bits per heavy atom. The third kappa shape index (κ3) is 1.16. The standard InChI is InChI=1S/C9H6Cl2F2/c10-8(11)7(9(8,12)13)6-4-2-1-3-5-6/h1-5,7H. The lowest BCUT2D eigenvalue weighted by Gasteiger charge is -1.95. The zero-order valence-electron chi connectivity index (χ0n) is 6.48. The van der Waals surface area contributed by atoms with Crippen LogP contribution in [0.4, 0.5) is 8.78 Å². The maximum absolute atomic E-state index is 13.0. The smallest absolute Gasteiger partial charge is 0.203 e. The Balaban J connectivity index is 2.33. The van der Waals surface area contributed by atoms with Crippen LogP contribution in [0.2, 0.25) is 0 Å². The normalized spacial score (nSPS) is 28.5. The molecule has 0 radical (unpaired) electrons. The molecule has 1 aromatic rings. The van der Waals surface area contributed by atoms with Gasteiger partial charge in [-0.2, -0.15) is 0 Å². The first-order valence-corrected chi connectivity index (χ1v) is 4.54. The summed E-state index contributed by atoms with van der Waals surface area (Å²) in [6.07, 6.45) is 0. The lowest BCUT2D eigenvalue weighted by atomic mass is 10.1. The van der Waals surface area contributed by atoms with Gasteiger partial charge < -0.3 is 0 Å². The van der Waals surface area contributed by atoms with Gasteiger partial charge in [0, 0.05) is 0 Å². The van der Waals surface area contributed by atoms with Crippen molar-refractivity contribution in [2.24, 2.45) is 0 Å². The molecule has 1 fully saturated rings. The SMILES string of the molecule is FC1(F)C(c2ccccc2)C1(Cl)Cl. The van der Waals surface area contributed by atoms with Gasteiger partial charge in [-0.25, -0.2) is 8.78 Å². The van der Waals surface area contributed by atoms with Crippen molar-refractivity contribution in [1.82, 2.24) is 0 Å². The van der Waals surface area contributed by atoms with Gasteiger partial charge in [-0.15, -0.1) is 0 Å². The second kappa shape index (κ2) is 2.58. The van der Waals surface area contributed by atoms with E-state index in [2.05, 4.69) is 0 Å². The van der Waals surface area contributed by atoms with Crippen molar-refractivity contribution < 1.29 is 8.78 Å². The zero-order chi connectivity index (χ0) is 9.69. The monoisotopic (exact) mass is 222 g/mol. The number of hydrogen-bond donors (Lipinski definition) is 0. The predicted octanol–water partition coefficient (Wildman–Crippen LogP) is 3.59. The first-order chi connectivity index (χ1) is 5.98. The summed E-state index contributed by atoms with van der Waals surface area (Å²) >= 11 is 10.9. The van der Waals surface area contributed by atoms with Gasteiger partial charge in [0.25, 0.3) is 5.92 Å². The molecule has 0 bridgehead atoms. The minimum Gasteiger partial charge on any atom is -0.203 e. The zero-order valence-corrected chi connectivity index (χ0v) is 7.99. The molecule has 0 aromatic heterocycles. The minimum atomic E-state index is -3.00. The lowest BCUT2D eigenvalue weighted by molar-refractivity contribution is 0.109. The molecule has 0 N–H and O–H groups in total. The van der Waals surface area contributed by atoms with Gasteiger partial charge >= 0.3 is 0 Å². The van der Waals surface area contributed by atoms with Crippen molar-refractivity contribution >= 4 is 23.2 Å². The molecule has 0 nitrogen and oxygen atoms in total. The molecular formula is C9H6Cl2F2. The van der Waals surface area contributed by atoms with Gasteiger partial charge in [0.2, 0.25) is 0 Å². The molecular weight excluding hydrogens is 217 g/mol. The van der Waals surface area contributed by atoms with Crippen LogP contribution >= 0.6 is 23.2 Å². The molecule has 0 aliphatic heterocycles. The van der Waals surface area contributed by atoms with Crippen LogP contribution in [0.3, 0.4) is 0 Å². The van der Waals surface area contributed by atoms with Gasteiger partial charge in [0.15, 0.2) is 4.33 Å². The molecule has 0 amide bonds. The Morgan fingerprint density at radius 3 is 1.92 bits per heavy atom. The highest BCUT2D eigenvalue weighted by atomic mass is 35.5. The molecule has 13 heavy (non-hydrogen) atoms. The van der Waals surface area contributed by atoms with Crippen molar-refractivity contribution in [3.05, 3.63) is 35.9 Å². The molecule has 0 heterocycles. The molecule has 1 aliphatic rings. The van der Waals surface area contributed by atoms with Gasteiger partial charge in [-0.05, 0) is 5.56 Å². The summed E-state index contributed by atoms with van der Waals surface area (Å²) in [5, 5.41) is 0. The summed E-state index contributed by atoms with van der Waals surface area (Å²) in [6.45, 7) is 0. The third-order valence-corrected chi connectivity index (χ3v) is 3.16. The summed E-state index contributed by atoms with van der Waals surface area (Å²) in [7, 11) is 0. The second-order valence-electron chi connectivity index (χ2n) is 3.09. The van der Waals surface area contributed by atoms with E-state index in [1.54, 1.807) is 30.3 Å². The van der Waals surface area contributed by atoms with Crippen molar-refractivity contribution in [3.63, 3.8) is 0 Å². The summed E-state index contributed by atoms with van der Waals surface area (Å²) in [5.41, 5.74) is 0.484. The Hall–Kier alpha value is -0.340. The van der Waals surface area contributed by atoms with E-state index in [9.17, 15) is 8.78 Å². The molecule has 1 unspecified atom stereocenters. The first-order valence-electron chi connectivity index (χ1n) is 3.78. The van der Waals surface area contributed by atoms with Crippen molar-refractivity contribution in [3.8, 4) is 0 Å². The molecule has 1 saturated carbocycles. The van der Waals surface area contributed by atoms with E-state index >= 15 is 0 Å². The Bertz CT molecular complexity index is 308. The highest BCUT2D eigenvalue weighted by Crippen LogP contribution is 2.70. The largest absolute Gasteiger partial charge is 0.291 e. The topological polar surface area (TPSA) is 0 Å². The minimum absolute atomic E-state index is 0.484. The molecule has 70 valence electrons. The number of hydrogen-bond acceptors (Lipinski definition) is 0. The third-order valence-electron chi connectivity index (χ3n) is 2.22. The van der Waals surface area contributed by atoms with E-state index in [0.717, 1.165) is 0 Å². The number of halogens is 4. The van der Waals surface area contributed by atoms with Gasteiger partial charge in [0.05, 0.1) is 5.92 Å². The molecule has 1 aromatic carbocycles. The fourth-order valence-electron chi connectivity index (χ4n) is 1.41. The average Bonchev–Trinajstić information content (AvgIpc) is 2.44. The summed E-state index contributed by atoms with van der Waals surface area (Å²) in [5.74, 6) is -4.07. The van der Waals surface area contributed by atoms with Crippen LogP contribution in [0.1, 0.15) is 11.5 Å². The maximum atomic E-state index is 13.0. The Kier molecular flexibility index (Phi) is 1.83. The van der Waals surface area contributed by atoms with Crippen LogP contribution < -0.4 is 0 Å². The van der Waals surface area contributed by atoms with Crippen LogP contribution in [0.5, 0.6) is 0 Å². The van der Waals surface area contributed by atoms with E-state index in [4.69, 9.17) is 23.2 Å². The average molecular weight is 223 g/mol. The maximum Gasteiger partial charge on any atom is 0.291 e. The van der Waals surface area contributed by atoms with Crippen molar-refractivity contribution in [2.75, 3.05) is 0 Å². The number of rotatable bonds is 1. The summed E-state index contributed by atoms with van der Waals surface area (Å²) < 4.78 is 24.1. The molecule has 1 atom stereocenters. The van der Waals surface area contributed by atoms with Crippen LogP contribution in [0, 0.1) is 0 Å². The molecule has 2 rings (SSSR count). The second-order valence-corrected chi connectivity index (χ2v) is 4.48. The Morgan fingerprint density at radius 2 is 1.54 bits per heavy atom. The van der Waals surface area contributed by atoms with Gasteiger partial charge in [-0.3, -0.25) is 0 Å². The molecule has 4 heteroatoms. The van der Waals surface area contributed by atoms with Crippen molar-refractivity contribution in [2.45, 2.75) is 16.2 Å². The van der Waals surface area contributed by atoms with Crippen LogP contribution in [-0.4, -0.2) is 10.3 Å². The van der Waals surface area contributed by atoms with Crippen LogP contribution in [-0.2, 0) is 0 Å². The summed E-state index contributed by atoms with van der Waals surface area (Å²) in [6, 6.07) is 8.34. The van der Waals surface area contributed by atoms with E-state index < -0.39 is 16.2 Å². The first kappa shape index (κ1) is 9.22. The lowest BCUT2D eigenvalue weighted by Crippen LogP contribution is -1.99. The van der Waals surface area contributed by atoms with Crippen LogP contribution in [0.15, 0.2) is 30.3 Å². The highest BCUT2D eigenvalue weighted by Gasteiger charge is 2.80. The van der Waals surface area contributed by atoms with E-state index in [1.165, 1.54) is 0 Å². The molecule has 0 spiro atoms. The quantitative estimate of drug-likeness (QED) is 0.638. The van der Waals surface area contributed by atoms with Gasteiger partial charge in [0.1, 0.15) is 0 Å². The fourth-order valence-corrected chi connectivity index (χ4v) is 2.04. The fraction of sp³-hybridized carbons (Fsp3) is 0.333. The van der Waals surface area contributed by atoms with Crippen molar-refractivity contribution in [1.29, 1.82) is 0 Å². The highest BCUT2D eigenvalue weighted by molar-refractivity contribution is 6.52. The van der Waals surface area contributed by atoms with E-state index in [1.807, 2.05) is 0 Å². The van der Waals surface area contributed by atoms with Crippen LogP contribution in [0.25, 0.3) is 0 Å². The number of benzene rings is 1. The Labute approximate surface area is 84.5 Å². The van der Waals surface area contributed by atoms with Gasteiger partial charge in [-0.1, -0.05) is 53.5 Å². The van der Waals surface area contributed by atoms with E-state index in [0.29, 0.717) is 5.56 Å². The molecule has 1 aliphatic carbocycles. The molecule has 0 saturated heterocycles. The number of alkyl halides is 4. The predicted molar refractivity (Wildman–Crippen MR) is 48.6 cm³/mol.